The van der Waals surface area contributed by atoms with Gasteiger partial charge in [0.1, 0.15) is 5.75 Å². The Morgan fingerprint density at radius 1 is 0.447 bits per heavy atom. The van der Waals surface area contributed by atoms with Crippen LogP contribution in [0.5, 0.6) is 5.75 Å². The normalized spacial score (nSPS) is 13.6. The van der Waals surface area contributed by atoms with Crippen LogP contribution in [0.3, 0.4) is 0 Å². The molecule has 5 aromatic rings. The lowest BCUT2D eigenvalue weighted by Gasteiger charge is -2.24. The second kappa shape index (κ2) is 11.5. The molecule has 0 saturated heterocycles. The SMILES string of the molecule is CC(c1ccccc1)c1cc(C(C)c2ccccc2)c(O)c(C(C)c2ccc(Cc3ccccc3)cc2)c1. The molecule has 0 spiro atoms. The Balaban J connectivity index is 1.52. The number of phenolic OH excluding ortho intramolecular Hbond substituents is 1. The molecule has 3 unspecified atom stereocenters. The number of hydrogen-bond donors (Lipinski definition) is 1. The summed E-state index contributed by atoms with van der Waals surface area (Å²) in [7, 11) is 0. The Morgan fingerprint density at radius 3 is 1.34 bits per heavy atom. The fraction of sp³-hybridized carbons (Fsp3) is 0.189. The predicted molar refractivity (Wildman–Crippen MR) is 159 cm³/mol. The van der Waals surface area contributed by atoms with Gasteiger partial charge < -0.3 is 5.11 Å². The summed E-state index contributed by atoms with van der Waals surface area (Å²) in [5.41, 5.74) is 9.50. The van der Waals surface area contributed by atoms with Crippen molar-refractivity contribution in [2.75, 3.05) is 0 Å². The topological polar surface area (TPSA) is 20.2 Å². The molecule has 5 rings (SSSR count). The molecule has 0 bridgehead atoms. The van der Waals surface area contributed by atoms with Gasteiger partial charge in [0, 0.05) is 28.9 Å². The molecule has 38 heavy (non-hydrogen) atoms. The number of benzene rings is 5. The molecule has 5 aromatic carbocycles. The van der Waals surface area contributed by atoms with E-state index in [9.17, 15) is 5.11 Å². The lowest BCUT2D eigenvalue weighted by molar-refractivity contribution is 0.456. The Morgan fingerprint density at radius 2 is 0.842 bits per heavy atom. The minimum absolute atomic E-state index is 0.0606. The van der Waals surface area contributed by atoms with Crippen LogP contribution in [0.2, 0.25) is 0 Å². The van der Waals surface area contributed by atoms with E-state index in [0.29, 0.717) is 5.75 Å². The van der Waals surface area contributed by atoms with E-state index < -0.39 is 0 Å². The lowest BCUT2D eigenvalue weighted by Crippen LogP contribution is -2.06. The lowest BCUT2D eigenvalue weighted by atomic mass is 9.81. The maximum atomic E-state index is 11.7. The zero-order valence-corrected chi connectivity index (χ0v) is 22.5. The second-order valence-corrected chi connectivity index (χ2v) is 10.4. The summed E-state index contributed by atoms with van der Waals surface area (Å²) in [4.78, 5) is 0. The molecule has 0 aliphatic carbocycles. The summed E-state index contributed by atoms with van der Waals surface area (Å²) in [5, 5.41) is 11.7. The van der Waals surface area contributed by atoms with E-state index in [4.69, 9.17) is 0 Å². The molecule has 0 fully saturated rings. The molecule has 1 nitrogen and oxygen atoms in total. The molecule has 1 N–H and O–H groups in total. The number of phenols is 1. The molecular formula is C37H36O. The first-order chi connectivity index (χ1) is 18.5. The van der Waals surface area contributed by atoms with Crippen molar-refractivity contribution in [2.24, 2.45) is 0 Å². The van der Waals surface area contributed by atoms with Crippen LogP contribution in [0, 0.1) is 0 Å². The average molecular weight is 497 g/mol. The highest BCUT2D eigenvalue weighted by Gasteiger charge is 2.23. The molecule has 0 heterocycles. The van der Waals surface area contributed by atoms with Gasteiger partial charge in [-0.25, -0.2) is 0 Å². The van der Waals surface area contributed by atoms with Gasteiger partial charge in [0.25, 0.3) is 0 Å². The zero-order valence-electron chi connectivity index (χ0n) is 22.5. The third kappa shape index (κ3) is 5.58. The molecule has 1 heteroatoms. The monoisotopic (exact) mass is 496 g/mol. The molecule has 0 aliphatic rings. The minimum atomic E-state index is 0.0606. The van der Waals surface area contributed by atoms with Crippen LogP contribution in [0.1, 0.15) is 83.0 Å². The minimum Gasteiger partial charge on any atom is -0.507 e. The molecular weight excluding hydrogens is 460 g/mol. The molecule has 0 saturated carbocycles. The Bertz CT molecular complexity index is 1450. The second-order valence-electron chi connectivity index (χ2n) is 10.4. The number of aromatic hydroxyl groups is 1. The van der Waals surface area contributed by atoms with E-state index in [1.807, 2.05) is 6.07 Å². The molecule has 0 aliphatic heterocycles. The maximum Gasteiger partial charge on any atom is 0.123 e. The van der Waals surface area contributed by atoms with Crippen LogP contribution in [-0.2, 0) is 6.42 Å². The molecule has 0 radical (unpaired) electrons. The fourth-order valence-corrected chi connectivity index (χ4v) is 5.41. The van der Waals surface area contributed by atoms with E-state index in [1.54, 1.807) is 0 Å². The first kappa shape index (κ1) is 25.5. The standard InChI is InChI=1S/C37H36O/c1-26(31-15-9-5-10-16-31)34-24-35(27(2)32-17-11-6-12-18-32)37(38)36(25-34)28(3)33-21-19-30(20-22-33)23-29-13-7-4-8-14-29/h4-22,24-28,38H,23H2,1-3H3. The third-order valence-electron chi connectivity index (χ3n) is 7.95. The van der Waals surface area contributed by atoms with Crippen molar-refractivity contribution in [1.82, 2.24) is 0 Å². The molecule has 0 amide bonds. The van der Waals surface area contributed by atoms with Gasteiger partial charge in [-0.1, -0.05) is 148 Å². The summed E-state index contributed by atoms with van der Waals surface area (Å²) in [5.74, 6) is 0.771. The maximum absolute atomic E-state index is 11.7. The summed E-state index contributed by atoms with van der Waals surface area (Å²) in [6, 6.07) is 45.0. The molecule has 190 valence electrons. The van der Waals surface area contributed by atoms with E-state index in [2.05, 4.69) is 142 Å². The van der Waals surface area contributed by atoms with Crippen molar-refractivity contribution in [3.63, 3.8) is 0 Å². The first-order valence-electron chi connectivity index (χ1n) is 13.6. The van der Waals surface area contributed by atoms with Crippen LogP contribution in [0.25, 0.3) is 0 Å². The van der Waals surface area contributed by atoms with Gasteiger partial charge in [-0.05, 0) is 39.8 Å². The van der Waals surface area contributed by atoms with Crippen LogP contribution >= 0.6 is 0 Å². The van der Waals surface area contributed by atoms with Crippen molar-refractivity contribution in [2.45, 2.75) is 44.9 Å². The van der Waals surface area contributed by atoms with Gasteiger partial charge in [0.15, 0.2) is 0 Å². The zero-order chi connectivity index (χ0) is 26.5. The Kier molecular flexibility index (Phi) is 7.75. The van der Waals surface area contributed by atoms with Gasteiger partial charge in [0.05, 0.1) is 0 Å². The van der Waals surface area contributed by atoms with E-state index in [0.717, 1.165) is 17.5 Å². The highest BCUT2D eigenvalue weighted by molar-refractivity contribution is 5.53. The largest absolute Gasteiger partial charge is 0.507 e. The first-order valence-corrected chi connectivity index (χ1v) is 13.6. The highest BCUT2D eigenvalue weighted by atomic mass is 16.3. The Hall–Kier alpha value is -4.10. The van der Waals surface area contributed by atoms with Crippen molar-refractivity contribution >= 4 is 0 Å². The highest BCUT2D eigenvalue weighted by Crippen LogP contribution is 2.42. The van der Waals surface area contributed by atoms with Gasteiger partial charge >= 0.3 is 0 Å². The molecule has 3 atom stereocenters. The third-order valence-corrected chi connectivity index (χ3v) is 7.95. The van der Waals surface area contributed by atoms with Crippen molar-refractivity contribution in [1.29, 1.82) is 0 Å². The van der Waals surface area contributed by atoms with Gasteiger partial charge in [-0.15, -0.1) is 0 Å². The van der Waals surface area contributed by atoms with Crippen LogP contribution in [-0.4, -0.2) is 5.11 Å². The number of rotatable bonds is 8. The number of hydrogen-bond acceptors (Lipinski definition) is 1. The average Bonchev–Trinajstić information content (AvgIpc) is 2.98. The van der Waals surface area contributed by atoms with E-state index in [-0.39, 0.29) is 17.8 Å². The van der Waals surface area contributed by atoms with Gasteiger partial charge in [-0.3, -0.25) is 0 Å². The predicted octanol–water partition coefficient (Wildman–Crippen LogP) is 9.44. The summed E-state index contributed by atoms with van der Waals surface area (Å²) in [6.07, 6.45) is 0.920. The smallest absolute Gasteiger partial charge is 0.123 e. The Labute approximate surface area is 227 Å². The fourth-order valence-electron chi connectivity index (χ4n) is 5.41. The molecule has 0 aromatic heterocycles. The van der Waals surface area contributed by atoms with Crippen molar-refractivity contribution in [3.8, 4) is 5.75 Å². The van der Waals surface area contributed by atoms with E-state index in [1.165, 1.54) is 33.4 Å². The van der Waals surface area contributed by atoms with E-state index >= 15 is 0 Å². The summed E-state index contributed by atoms with van der Waals surface area (Å²) >= 11 is 0. The van der Waals surface area contributed by atoms with Crippen molar-refractivity contribution < 1.29 is 5.11 Å². The quantitative estimate of drug-likeness (QED) is 0.227. The van der Waals surface area contributed by atoms with Crippen LogP contribution in [0.4, 0.5) is 0 Å². The van der Waals surface area contributed by atoms with Gasteiger partial charge in [-0.2, -0.15) is 0 Å². The van der Waals surface area contributed by atoms with Crippen LogP contribution < -0.4 is 0 Å². The van der Waals surface area contributed by atoms with Gasteiger partial charge in [0.2, 0.25) is 0 Å². The summed E-state index contributed by atoms with van der Waals surface area (Å²) in [6.45, 7) is 6.65. The summed E-state index contributed by atoms with van der Waals surface area (Å²) < 4.78 is 0. The van der Waals surface area contributed by atoms with Crippen molar-refractivity contribution in [3.05, 3.63) is 172 Å². The van der Waals surface area contributed by atoms with Crippen LogP contribution in [0.15, 0.2) is 127 Å².